The topological polar surface area (TPSA) is 122 Å². The third kappa shape index (κ3) is 4.75. The van der Waals surface area contributed by atoms with Gasteiger partial charge in [-0.3, -0.25) is 14.9 Å². The molecule has 0 aliphatic carbocycles. The number of carbonyl (C=O) groups excluding carboxylic acids is 1. The first-order valence-corrected chi connectivity index (χ1v) is 7.37. The molecule has 0 unspecified atom stereocenters. The number of nitro benzene ring substituents is 1. The van der Waals surface area contributed by atoms with Gasteiger partial charge >= 0.3 is 0 Å². The molecule has 1 atom stereocenters. The Hall–Kier alpha value is -3.47. The third-order valence-electron chi connectivity index (χ3n) is 3.67. The van der Waals surface area contributed by atoms with E-state index in [2.05, 4.69) is 5.32 Å². The molecule has 0 radical (unpaired) electrons. The van der Waals surface area contributed by atoms with Gasteiger partial charge in [0.05, 0.1) is 22.1 Å². The monoisotopic (exact) mass is 342 g/mol. The minimum atomic E-state index is -0.592. The van der Waals surface area contributed by atoms with Crippen LogP contribution in [0, 0.1) is 33.2 Å². The van der Waals surface area contributed by atoms with Gasteiger partial charge in [-0.15, -0.1) is 0 Å². The number of nitro groups is 1. The van der Waals surface area contributed by atoms with Gasteiger partial charge in [0.25, 0.3) is 5.69 Å². The van der Waals surface area contributed by atoms with E-state index in [-0.39, 0.29) is 23.6 Å². The molecule has 7 nitrogen and oxygen atoms in total. The molecule has 2 rings (SSSR count). The van der Waals surface area contributed by atoms with Crippen LogP contribution in [0.3, 0.4) is 0 Å². The highest BCUT2D eigenvalue weighted by Gasteiger charge is 2.17. The smallest absolute Gasteiger partial charge is 0.270 e. The van der Waals surface area contributed by atoms with Crippen molar-refractivity contribution in [1.82, 2.24) is 0 Å². The zero-order chi connectivity index (χ0) is 18.4. The van der Waals surface area contributed by atoms with E-state index < -0.39 is 16.7 Å². The molecule has 25 heavy (non-hydrogen) atoms. The highest BCUT2D eigenvalue weighted by atomic mass is 19.1. The lowest BCUT2D eigenvalue weighted by atomic mass is 9.98. The lowest BCUT2D eigenvalue weighted by molar-refractivity contribution is -0.384. The molecular weight excluding hydrogens is 327 g/mol. The first-order valence-electron chi connectivity index (χ1n) is 7.37. The van der Waals surface area contributed by atoms with E-state index in [1.54, 1.807) is 12.1 Å². The first-order chi connectivity index (χ1) is 11.9. The summed E-state index contributed by atoms with van der Waals surface area (Å²) >= 11 is 0. The van der Waals surface area contributed by atoms with Crippen LogP contribution in [-0.2, 0) is 11.2 Å². The van der Waals surface area contributed by atoms with Crippen molar-refractivity contribution in [1.29, 1.82) is 5.26 Å². The van der Waals surface area contributed by atoms with Crippen molar-refractivity contribution in [2.45, 2.75) is 6.42 Å². The van der Waals surface area contributed by atoms with Gasteiger partial charge in [0.2, 0.25) is 5.91 Å². The van der Waals surface area contributed by atoms with E-state index in [0.29, 0.717) is 12.1 Å². The maximum Gasteiger partial charge on any atom is 0.270 e. The predicted octanol–water partition coefficient (Wildman–Crippen LogP) is 2.36. The van der Waals surface area contributed by atoms with Crippen LogP contribution in [-0.4, -0.2) is 17.4 Å². The van der Waals surface area contributed by atoms with Crippen LogP contribution in [0.15, 0.2) is 42.5 Å². The van der Waals surface area contributed by atoms with Crippen LogP contribution in [0.5, 0.6) is 0 Å². The second kappa shape index (κ2) is 7.88. The normalized spacial score (nSPS) is 11.4. The molecular formula is C17H15FN4O3. The average Bonchev–Trinajstić information content (AvgIpc) is 2.59. The summed E-state index contributed by atoms with van der Waals surface area (Å²) in [5.41, 5.74) is 6.43. The number of anilines is 1. The molecule has 0 aliphatic heterocycles. The fourth-order valence-electron chi connectivity index (χ4n) is 2.30. The zero-order valence-corrected chi connectivity index (χ0v) is 13.1. The van der Waals surface area contributed by atoms with Gasteiger partial charge in [-0.05, 0) is 30.2 Å². The number of nitriles is 1. The van der Waals surface area contributed by atoms with Gasteiger partial charge in [-0.2, -0.15) is 5.26 Å². The molecule has 1 amide bonds. The molecule has 8 heteroatoms. The lowest BCUT2D eigenvalue weighted by Gasteiger charge is -2.16. The molecule has 2 aromatic rings. The average molecular weight is 342 g/mol. The molecule has 0 aliphatic rings. The van der Waals surface area contributed by atoms with Crippen LogP contribution in [0.4, 0.5) is 15.8 Å². The van der Waals surface area contributed by atoms with Crippen molar-refractivity contribution in [3.63, 3.8) is 0 Å². The molecule has 0 aromatic heterocycles. The van der Waals surface area contributed by atoms with Crippen LogP contribution in [0.25, 0.3) is 0 Å². The standard InChI is InChI=1S/C17H15FN4O3/c18-14-3-1-11(2-4-14)7-13(17(20)23)10-21-16-6-5-15(22(24)25)8-12(16)9-19/h1-6,8,13,21H,7,10H2,(H2,20,23)/t13-/m1/s1. The fourth-order valence-corrected chi connectivity index (χ4v) is 2.30. The lowest BCUT2D eigenvalue weighted by Crippen LogP contribution is -2.31. The summed E-state index contributed by atoms with van der Waals surface area (Å²) in [6.07, 6.45) is 0.303. The SMILES string of the molecule is N#Cc1cc([N+](=O)[O-])ccc1NC[C@@H](Cc1ccc(F)cc1)C(N)=O. The number of primary amides is 1. The third-order valence-corrected chi connectivity index (χ3v) is 3.67. The van der Waals surface area contributed by atoms with Gasteiger partial charge in [0, 0.05) is 18.7 Å². The van der Waals surface area contributed by atoms with E-state index >= 15 is 0 Å². The van der Waals surface area contributed by atoms with Gasteiger partial charge in [-0.25, -0.2) is 4.39 Å². The molecule has 3 N–H and O–H groups in total. The van der Waals surface area contributed by atoms with E-state index in [0.717, 1.165) is 11.6 Å². The first kappa shape index (κ1) is 17.9. The Balaban J connectivity index is 2.11. The number of hydrogen-bond acceptors (Lipinski definition) is 5. The van der Waals surface area contributed by atoms with Crippen molar-refractivity contribution in [2.24, 2.45) is 11.7 Å². The van der Waals surface area contributed by atoms with Gasteiger partial charge in [0.1, 0.15) is 11.9 Å². The summed E-state index contributed by atoms with van der Waals surface area (Å²) in [6.45, 7) is 0.138. The summed E-state index contributed by atoms with van der Waals surface area (Å²) in [5.74, 6) is -1.51. The van der Waals surface area contributed by atoms with Crippen molar-refractivity contribution in [2.75, 3.05) is 11.9 Å². The number of benzene rings is 2. The summed E-state index contributed by atoms with van der Waals surface area (Å²) in [6, 6.07) is 11.4. The zero-order valence-electron chi connectivity index (χ0n) is 13.1. The molecule has 0 heterocycles. The fraction of sp³-hybridized carbons (Fsp3) is 0.176. The minimum absolute atomic E-state index is 0.0965. The van der Waals surface area contributed by atoms with Crippen LogP contribution >= 0.6 is 0 Å². The van der Waals surface area contributed by atoms with Gasteiger partial charge in [0.15, 0.2) is 0 Å². The maximum absolute atomic E-state index is 12.9. The molecule has 0 saturated carbocycles. The Kier molecular flexibility index (Phi) is 5.63. The Morgan fingerprint density at radius 2 is 2.00 bits per heavy atom. The summed E-state index contributed by atoms with van der Waals surface area (Å²) < 4.78 is 12.9. The Bertz CT molecular complexity index is 831. The van der Waals surface area contributed by atoms with E-state index in [1.165, 1.54) is 24.3 Å². The largest absolute Gasteiger partial charge is 0.383 e. The molecule has 0 saturated heterocycles. The molecule has 2 aromatic carbocycles. The van der Waals surface area contributed by atoms with Crippen molar-refractivity contribution < 1.29 is 14.1 Å². The number of amides is 1. The number of nitrogens with two attached hydrogens (primary N) is 1. The van der Waals surface area contributed by atoms with E-state index in [1.807, 2.05) is 6.07 Å². The number of non-ortho nitro benzene ring substituents is 1. The summed E-state index contributed by atoms with van der Waals surface area (Å²) in [5, 5.41) is 22.8. The van der Waals surface area contributed by atoms with Crippen LogP contribution < -0.4 is 11.1 Å². The molecule has 128 valence electrons. The Labute approximate surface area is 143 Å². The maximum atomic E-state index is 12.9. The Morgan fingerprint density at radius 1 is 1.32 bits per heavy atom. The second-order valence-electron chi connectivity index (χ2n) is 5.41. The highest BCUT2D eigenvalue weighted by molar-refractivity contribution is 5.78. The number of nitrogens with zero attached hydrogens (tertiary/aromatic N) is 2. The second-order valence-corrected chi connectivity index (χ2v) is 5.41. The number of halogens is 1. The van der Waals surface area contributed by atoms with Crippen LogP contribution in [0.2, 0.25) is 0 Å². The number of nitrogens with one attached hydrogen (secondary N) is 1. The van der Waals surface area contributed by atoms with Crippen molar-refractivity contribution >= 4 is 17.3 Å². The van der Waals surface area contributed by atoms with Gasteiger partial charge in [-0.1, -0.05) is 12.1 Å². The molecule has 0 spiro atoms. The summed E-state index contributed by atoms with van der Waals surface area (Å²) in [7, 11) is 0. The minimum Gasteiger partial charge on any atom is -0.383 e. The van der Waals surface area contributed by atoms with Crippen molar-refractivity contribution in [3.8, 4) is 6.07 Å². The van der Waals surface area contributed by atoms with Crippen LogP contribution in [0.1, 0.15) is 11.1 Å². The quantitative estimate of drug-likeness (QED) is 0.591. The van der Waals surface area contributed by atoms with E-state index in [9.17, 15) is 19.3 Å². The van der Waals surface area contributed by atoms with Gasteiger partial charge < -0.3 is 11.1 Å². The van der Waals surface area contributed by atoms with Crippen molar-refractivity contribution in [3.05, 3.63) is 69.5 Å². The Morgan fingerprint density at radius 3 is 2.56 bits per heavy atom. The summed E-state index contributed by atoms with van der Waals surface area (Å²) in [4.78, 5) is 21.8. The molecule has 0 fully saturated rings. The molecule has 0 bridgehead atoms. The number of carbonyl (C=O) groups is 1. The van der Waals surface area contributed by atoms with E-state index in [4.69, 9.17) is 11.0 Å². The number of rotatable bonds is 7. The predicted molar refractivity (Wildman–Crippen MR) is 89.1 cm³/mol. The highest BCUT2D eigenvalue weighted by Crippen LogP contribution is 2.22. The number of hydrogen-bond donors (Lipinski definition) is 2.